The molecule has 0 amide bonds. The molecule has 0 spiro atoms. The van der Waals surface area contributed by atoms with Gasteiger partial charge in [0.25, 0.3) is 0 Å². The van der Waals surface area contributed by atoms with Crippen LogP contribution >= 0.6 is 0 Å². The Kier molecular flexibility index (Phi) is 5.81. The van der Waals surface area contributed by atoms with Crippen LogP contribution in [0.25, 0.3) is 11.3 Å². The molecule has 2 aliphatic carbocycles. The maximum Gasteiger partial charge on any atom is 0.345 e. The van der Waals surface area contributed by atoms with Gasteiger partial charge in [0.1, 0.15) is 22.7 Å². The Labute approximate surface area is 232 Å². The summed E-state index contributed by atoms with van der Waals surface area (Å²) in [6.07, 6.45) is 2.69. The van der Waals surface area contributed by atoms with Gasteiger partial charge in [-0.05, 0) is 49.7 Å². The number of ether oxygens (including phenoxy) is 3. The molecule has 2 aliphatic heterocycles. The van der Waals surface area contributed by atoms with E-state index in [2.05, 4.69) is 18.8 Å². The molecule has 3 unspecified atom stereocenters. The van der Waals surface area contributed by atoms with Gasteiger partial charge in [0.05, 0.1) is 24.9 Å². The summed E-state index contributed by atoms with van der Waals surface area (Å²) in [5.74, 6) is -0.0292. The van der Waals surface area contributed by atoms with Gasteiger partial charge in [-0.25, -0.2) is 4.79 Å². The number of fused-ring (bicyclic) bond motifs is 6. The molecule has 8 heteroatoms. The summed E-state index contributed by atoms with van der Waals surface area (Å²) in [7, 11) is 0. The van der Waals surface area contributed by atoms with Crippen molar-refractivity contribution in [3.63, 3.8) is 0 Å². The lowest BCUT2D eigenvalue weighted by Gasteiger charge is -2.67. The lowest BCUT2D eigenvalue weighted by atomic mass is 9.42. The Bertz CT molecular complexity index is 1480. The molecule has 4 heterocycles. The van der Waals surface area contributed by atoms with Gasteiger partial charge >= 0.3 is 5.63 Å². The summed E-state index contributed by atoms with van der Waals surface area (Å²) < 4.78 is 25.1. The number of pyridine rings is 1. The first kappa shape index (κ1) is 25.9. The number of hydrogen-bond donors (Lipinski definition) is 2. The molecule has 1 aromatic carbocycles. The summed E-state index contributed by atoms with van der Waals surface area (Å²) in [5, 5.41) is 23.7. The quantitative estimate of drug-likeness (QED) is 0.472. The Hall–Kier alpha value is -3.04. The molecule has 2 N–H and O–H groups in total. The maximum atomic E-state index is 13.3. The highest BCUT2D eigenvalue weighted by Gasteiger charge is 2.70. The van der Waals surface area contributed by atoms with E-state index >= 15 is 0 Å². The molecule has 0 bridgehead atoms. The number of hydrogen-bond acceptors (Lipinski definition) is 8. The molecular weight excluding hydrogens is 510 g/mol. The van der Waals surface area contributed by atoms with Crippen LogP contribution in [-0.2, 0) is 9.47 Å². The minimum atomic E-state index is -1.17. The lowest BCUT2D eigenvalue weighted by molar-refractivity contribution is -0.330. The minimum Gasteiger partial charge on any atom is -0.484 e. The highest BCUT2D eigenvalue weighted by molar-refractivity contribution is 5.59. The van der Waals surface area contributed by atoms with Gasteiger partial charge in [0, 0.05) is 40.9 Å². The summed E-state index contributed by atoms with van der Waals surface area (Å²) in [4.78, 5) is 17.4. The summed E-state index contributed by atoms with van der Waals surface area (Å²) in [6, 6.07) is 15.1. The number of nitrogens with zero attached hydrogens (tertiary/aromatic N) is 1. The molecule has 210 valence electrons. The van der Waals surface area contributed by atoms with Crippen molar-refractivity contribution in [3.8, 4) is 17.1 Å². The fourth-order valence-corrected chi connectivity index (χ4v) is 8.49. The third-order valence-electron chi connectivity index (χ3n) is 10.5. The smallest absolute Gasteiger partial charge is 0.345 e. The fraction of sp³-hybridized carbons (Fsp3) is 0.500. The van der Waals surface area contributed by atoms with E-state index in [1.165, 1.54) is 0 Å². The SMILES string of the molecule is CC12CO[C@@H](c3ccccc3)O[C@H]1CC[C@@]1(C)C2C[C@H](O)[C@@]2(C)Oc3cc(-c4cccnc4)oc(=O)c3[C@H](O)C12. The molecule has 4 aliphatic rings. The van der Waals surface area contributed by atoms with E-state index < -0.39 is 46.5 Å². The van der Waals surface area contributed by atoms with Crippen LogP contribution in [0.1, 0.15) is 63.6 Å². The molecule has 7 rings (SSSR count). The number of aliphatic hydroxyl groups is 2. The van der Waals surface area contributed by atoms with Crippen LogP contribution in [-0.4, -0.2) is 39.6 Å². The van der Waals surface area contributed by atoms with E-state index in [0.29, 0.717) is 24.4 Å². The topological polar surface area (TPSA) is 111 Å². The summed E-state index contributed by atoms with van der Waals surface area (Å²) >= 11 is 0. The molecule has 3 fully saturated rings. The Morgan fingerprint density at radius 1 is 1.02 bits per heavy atom. The Morgan fingerprint density at radius 2 is 1.82 bits per heavy atom. The van der Waals surface area contributed by atoms with Gasteiger partial charge in [-0.3, -0.25) is 4.98 Å². The zero-order valence-corrected chi connectivity index (χ0v) is 22.9. The monoisotopic (exact) mass is 545 g/mol. The van der Waals surface area contributed by atoms with E-state index in [9.17, 15) is 15.0 Å². The van der Waals surface area contributed by atoms with Crippen molar-refractivity contribution in [2.24, 2.45) is 22.7 Å². The average molecular weight is 546 g/mol. The summed E-state index contributed by atoms with van der Waals surface area (Å²) in [6.45, 7) is 6.68. The molecule has 3 aromatic rings. The van der Waals surface area contributed by atoms with Crippen LogP contribution in [0, 0.1) is 22.7 Å². The Balaban J connectivity index is 1.26. The summed E-state index contributed by atoms with van der Waals surface area (Å²) in [5.41, 5.74) is -0.880. The van der Waals surface area contributed by atoms with Gasteiger partial charge in [-0.15, -0.1) is 0 Å². The first-order valence-corrected chi connectivity index (χ1v) is 14.1. The van der Waals surface area contributed by atoms with Gasteiger partial charge in [0.2, 0.25) is 0 Å². The van der Waals surface area contributed by atoms with Crippen LogP contribution < -0.4 is 10.4 Å². The van der Waals surface area contributed by atoms with Crippen molar-refractivity contribution >= 4 is 0 Å². The van der Waals surface area contributed by atoms with Crippen molar-refractivity contribution in [1.29, 1.82) is 0 Å². The second-order valence-corrected chi connectivity index (χ2v) is 12.7. The van der Waals surface area contributed by atoms with Crippen LogP contribution in [0.4, 0.5) is 0 Å². The minimum absolute atomic E-state index is 0.0370. The van der Waals surface area contributed by atoms with Crippen LogP contribution in [0.2, 0.25) is 0 Å². The second kappa shape index (κ2) is 8.98. The standard InChI is InChI=1S/C32H35NO7/c1-30-12-11-24-31(2,17-37-29(39-24)18-8-5-4-6-9-18)22(30)15-23(34)32(3)27(30)26(35)25-21(40-32)14-20(38-28(25)36)19-10-7-13-33-16-19/h4-10,13-14,16,22-24,26-27,29,34-35H,11-12,15,17H2,1-3H3/t22?,23-,24-,26-,27?,29+,30-,31?,32+/m0/s1. The third-order valence-corrected chi connectivity index (χ3v) is 10.5. The van der Waals surface area contributed by atoms with E-state index in [1.807, 2.05) is 37.3 Å². The van der Waals surface area contributed by atoms with Crippen molar-refractivity contribution in [2.75, 3.05) is 6.61 Å². The first-order valence-electron chi connectivity index (χ1n) is 14.1. The van der Waals surface area contributed by atoms with E-state index in [0.717, 1.165) is 18.4 Å². The zero-order valence-electron chi connectivity index (χ0n) is 22.9. The van der Waals surface area contributed by atoms with Crippen molar-refractivity contribution in [2.45, 2.75) is 70.2 Å². The number of benzene rings is 1. The number of rotatable bonds is 2. The molecule has 2 aromatic heterocycles. The zero-order chi connectivity index (χ0) is 27.9. The van der Waals surface area contributed by atoms with E-state index in [1.54, 1.807) is 30.6 Å². The van der Waals surface area contributed by atoms with Gasteiger partial charge in [-0.1, -0.05) is 44.2 Å². The molecule has 1 saturated heterocycles. The molecule has 8 nitrogen and oxygen atoms in total. The highest BCUT2D eigenvalue weighted by atomic mass is 16.7. The van der Waals surface area contributed by atoms with Crippen LogP contribution in [0.3, 0.4) is 0 Å². The molecule has 0 radical (unpaired) electrons. The third kappa shape index (κ3) is 3.59. The van der Waals surface area contributed by atoms with Gasteiger partial charge < -0.3 is 28.8 Å². The molecule has 9 atom stereocenters. The molecular formula is C32H35NO7. The molecule has 2 saturated carbocycles. The predicted octanol–water partition coefficient (Wildman–Crippen LogP) is 4.80. The normalized spacial score (nSPS) is 40.1. The van der Waals surface area contributed by atoms with E-state index in [4.69, 9.17) is 18.6 Å². The predicted molar refractivity (Wildman–Crippen MR) is 145 cm³/mol. The number of aromatic nitrogens is 1. The van der Waals surface area contributed by atoms with Crippen molar-refractivity contribution in [1.82, 2.24) is 4.98 Å². The van der Waals surface area contributed by atoms with Crippen LogP contribution in [0.5, 0.6) is 5.75 Å². The van der Waals surface area contributed by atoms with E-state index in [-0.39, 0.29) is 23.3 Å². The maximum absolute atomic E-state index is 13.3. The fourth-order valence-electron chi connectivity index (χ4n) is 8.49. The highest BCUT2D eigenvalue weighted by Crippen LogP contribution is 2.68. The van der Waals surface area contributed by atoms with Gasteiger partial charge in [-0.2, -0.15) is 0 Å². The van der Waals surface area contributed by atoms with Crippen molar-refractivity contribution in [3.05, 3.63) is 82.5 Å². The van der Waals surface area contributed by atoms with Gasteiger partial charge in [0.15, 0.2) is 6.29 Å². The Morgan fingerprint density at radius 3 is 2.58 bits per heavy atom. The lowest BCUT2D eigenvalue weighted by Crippen LogP contribution is -2.71. The average Bonchev–Trinajstić information content (AvgIpc) is 2.94. The number of aliphatic hydroxyl groups excluding tert-OH is 2. The van der Waals surface area contributed by atoms with Crippen LogP contribution in [0.15, 0.2) is 70.1 Å². The first-order chi connectivity index (χ1) is 19.1. The largest absolute Gasteiger partial charge is 0.484 e. The second-order valence-electron chi connectivity index (χ2n) is 12.7. The van der Waals surface area contributed by atoms with Crippen molar-refractivity contribution < 1.29 is 28.8 Å². The molecule has 40 heavy (non-hydrogen) atoms.